The Labute approximate surface area is 138 Å². The van der Waals surface area contributed by atoms with Crippen LogP contribution in [0.5, 0.6) is 11.5 Å². The number of rotatable bonds is 8. The molecule has 1 fully saturated rings. The maximum atomic E-state index is 11.9. The zero-order chi connectivity index (χ0) is 16.3. The number of methoxy groups -OCH3 is 1. The molecule has 0 radical (unpaired) electrons. The van der Waals surface area contributed by atoms with Crippen molar-refractivity contribution in [2.45, 2.75) is 44.6 Å². The second kappa shape index (κ2) is 10.1. The molecule has 5 heteroatoms. The van der Waals surface area contributed by atoms with Crippen LogP contribution in [0.1, 0.15) is 38.5 Å². The van der Waals surface area contributed by atoms with Gasteiger partial charge in [0.1, 0.15) is 18.1 Å². The maximum Gasteiger partial charge on any atom is 0.234 e. The summed E-state index contributed by atoms with van der Waals surface area (Å²) in [7, 11) is 1.64. The average Bonchev–Trinajstić information content (AvgIpc) is 2.84. The normalized spacial score (nSPS) is 15.7. The Balaban J connectivity index is 1.54. The van der Waals surface area contributed by atoms with E-state index < -0.39 is 0 Å². The molecule has 0 bridgehead atoms. The van der Waals surface area contributed by atoms with Crippen molar-refractivity contribution in [2.24, 2.45) is 0 Å². The lowest BCUT2D eigenvalue weighted by atomic mass is 10.1. The summed E-state index contributed by atoms with van der Waals surface area (Å²) in [4.78, 5) is 11.9. The van der Waals surface area contributed by atoms with Gasteiger partial charge in [-0.25, -0.2) is 0 Å². The van der Waals surface area contributed by atoms with E-state index in [0.717, 1.165) is 24.3 Å². The van der Waals surface area contributed by atoms with Gasteiger partial charge in [-0.1, -0.05) is 25.7 Å². The van der Waals surface area contributed by atoms with Crippen LogP contribution in [-0.2, 0) is 4.79 Å². The number of hydrogen-bond acceptors (Lipinski definition) is 4. The molecule has 128 valence electrons. The fourth-order valence-electron chi connectivity index (χ4n) is 2.82. The van der Waals surface area contributed by atoms with Gasteiger partial charge in [0.2, 0.25) is 5.91 Å². The molecule has 23 heavy (non-hydrogen) atoms. The van der Waals surface area contributed by atoms with Crippen molar-refractivity contribution in [2.75, 3.05) is 26.8 Å². The van der Waals surface area contributed by atoms with Crippen LogP contribution in [0.25, 0.3) is 0 Å². The van der Waals surface area contributed by atoms with Gasteiger partial charge in [-0.05, 0) is 37.1 Å². The van der Waals surface area contributed by atoms with Gasteiger partial charge in [0, 0.05) is 12.6 Å². The van der Waals surface area contributed by atoms with Crippen molar-refractivity contribution in [1.82, 2.24) is 10.6 Å². The van der Waals surface area contributed by atoms with Gasteiger partial charge in [-0.3, -0.25) is 4.79 Å². The van der Waals surface area contributed by atoms with E-state index in [1.54, 1.807) is 7.11 Å². The molecule has 1 aliphatic rings. The average molecular weight is 320 g/mol. The lowest BCUT2D eigenvalue weighted by molar-refractivity contribution is -0.121. The predicted molar refractivity (Wildman–Crippen MR) is 91.0 cm³/mol. The standard InChI is InChI=1S/C18H28N2O3/c1-22-16-8-10-17(11-9-16)23-13-12-19-14-18(21)20-15-6-4-2-3-5-7-15/h8-11,15,19H,2-7,12-14H2,1H3,(H,20,21). The first-order valence-corrected chi connectivity index (χ1v) is 8.55. The molecule has 0 aromatic heterocycles. The number of carbonyl (C=O) groups is 1. The summed E-state index contributed by atoms with van der Waals surface area (Å²) in [6, 6.07) is 7.84. The van der Waals surface area contributed by atoms with Gasteiger partial charge in [-0.2, -0.15) is 0 Å². The molecule has 1 saturated carbocycles. The number of hydrogen-bond donors (Lipinski definition) is 2. The van der Waals surface area contributed by atoms with Crippen molar-refractivity contribution < 1.29 is 14.3 Å². The third kappa shape index (κ3) is 6.91. The third-order valence-electron chi connectivity index (χ3n) is 4.11. The van der Waals surface area contributed by atoms with Crippen LogP contribution in [0.4, 0.5) is 0 Å². The second-order valence-corrected chi connectivity index (χ2v) is 5.96. The Hall–Kier alpha value is -1.75. The summed E-state index contributed by atoms with van der Waals surface area (Å²) >= 11 is 0. The van der Waals surface area contributed by atoms with Crippen LogP contribution in [0.15, 0.2) is 24.3 Å². The van der Waals surface area contributed by atoms with Gasteiger partial charge in [0.05, 0.1) is 13.7 Å². The largest absolute Gasteiger partial charge is 0.497 e. The molecule has 0 saturated heterocycles. The van der Waals surface area contributed by atoms with Crippen molar-refractivity contribution in [1.29, 1.82) is 0 Å². The fourth-order valence-corrected chi connectivity index (χ4v) is 2.82. The number of ether oxygens (including phenoxy) is 2. The van der Waals surface area contributed by atoms with Crippen LogP contribution < -0.4 is 20.1 Å². The van der Waals surface area contributed by atoms with Gasteiger partial charge >= 0.3 is 0 Å². The summed E-state index contributed by atoms with van der Waals surface area (Å²) in [6.45, 7) is 1.52. The molecule has 0 atom stereocenters. The molecule has 5 nitrogen and oxygen atoms in total. The highest BCUT2D eigenvalue weighted by molar-refractivity contribution is 5.78. The molecular weight excluding hydrogens is 292 g/mol. The lowest BCUT2D eigenvalue weighted by Gasteiger charge is -2.16. The van der Waals surface area contributed by atoms with Crippen LogP contribution in [0.3, 0.4) is 0 Å². The number of carbonyl (C=O) groups excluding carboxylic acids is 1. The third-order valence-corrected chi connectivity index (χ3v) is 4.11. The van der Waals surface area contributed by atoms with Gasteiger partial charge in [-0.15, -0.1) is 0 Å². The van der Waals surface area contributed by atoms with E-state index >= 15 is 0 Å². The topological polar surface area (TPSA) is 59.6 Å². The van der Waals surface area contributed by atoms with Gasteiger partial charge in [0.15, 0.2) is 0 Å². The molecule has 1 aromatic carbocycles. The highest BCUT2D eigenvalue weighted by atomic mass is 16.5. The Bertz CT molecular complexity index is 454. The van der Waals surface area contributed by atoms with Crippen molar-refractivity contribution in [3.05, 3.63) is 24.3 Å². The Morgan fingerprint density at radius 1 is 1.09 bits per heavy atom. The molecule has 1 aromatic rings. The summed E-state index contributed by atoms with van der Waals surface area (Å²) in [5, 5.41) is 6.25. The summed E-state index contributed by atoms with van der Waals surface area (Å²) in [5.74, 6) is 1.70. The van der Waals surface area contributed by atoms with Gasteiger partial charge < -0.3 is 20.1 Å². The molecule has 1 amide bonds. The van der Waals surface area contributed by atoms with E-state index in [1.165, 1.54) is 25.7 Å². The number of amides is 1. The SMILES string of the molecule is COc1ccc(OCCNCC(=O)NC2CCCCCC2)cc1. The van der Waals surface area contributed by atoms with Crippen molar-refractivity contribution in [3.63, 3.8) is 0 Å². The monoisotopic (exact) mass is 320 g/mol. The molecule has 0 aliphatic heterocycles. The first-order valence-electron chi connectivity index (χ1n) is 8.55. The minimum atomic E-state index is 0.0846. The molecule has 0 heterocycles. The van der Waals surface area contributed by atoms with Crippen molar-refractivity contribution in [3.8, 4) is 11.5 Å². The zero-order valence-electron chi connectivity index (χ0n) is 14.0. The Kier molecular flexibility index (Phi) is 7.73. The van der Waals surface area contributed by atoms with E-state index in [9.17, 15) is 4.79 Å². The molecule has 0 spiro atoms. The summed E-state index contributed by atoms with van der Waals surface area (Å²) < 4.78 is 10.7. The number of nitrogens with one attached hydrogen (secondary N) is 2. The minimum absolute atomic E-state index is 0.0846. The number of benzene rings is 1. The quantitative estimate of drug-likeness (QED) is 0.571. The molecule has 0 unspecified atom stereocenters. The Morgan fingerprint density at radius 3 is 2.39 bits per heavy atom. The zero-order valence-corrected chi connectivity index (χ0v) is 14.0. The van der Waals surface area contributed by atoms with Crippen LogP contribution in [0, 0.1) is 0 Å². The first kappa shape index (κ1) is 17.6. The van der Waals surface area contributed by atoms with Crippen LogP contribution >= 0.6 is 0 Å². The lowest BCUT2D eigenvalue weighted by Crippen LogP contribution is -2.41. The van der Waals surface area contributed by atoms with E-state index in [1.807, 2.05) is 24.3 Å². The maximum absolute atomic E-state index is 11.9. The Morgan fingerprint density at radius 2 is 1.74 bits per heavy atom. The van der Waals surface area contributed by atoms with Crippen LogP contribution in [0.2, 0.25) is 0 Å². The van der Waals surface area contributed by atoms with E-state index in [0.29, 0.717) is 25.7 Å². The van der Waals surface area contributed by atoms with E-state index in [-0.39, 0.29) is 5.91 Å². The predicted octanol–water partition coefficient (Wildman–Crippen LogP) is 2.50. The fraction of sp³-hybridized carbons (Fsp3) is 0.611. The molecule has 2 N–H and O–H groups in total. The second-order valence-electron chi connectivity index (χ2n) is 5.96. The highest BCUT2D eigenvalue weighted by Gasteiger charge is 2.14. The first-order chi connectivity index (χ1) is 11.3. The summed E-state index contributed by atoms with van der Waals surface area (Å²) in [5.41, 5.74) is 0. The highest BCUT2D eigenvalue weighted by Crippen LogP contribution is 2.17. The van der Waals surface area contributed by atoms with Crippen LogP contribution in [-0.4, -0.2) is 38.8 Å². The smallest absolute Gasteiger partial charge is 0.234 e. The van der Waals surface area contributed by atoms with E-state index in [2.05, 4.69) is 10.6 Å². The summed E-state index contributed by atoms with van der Waals surface area (Å²) in [6.07, 6.45) is 7.29. The minimum Gasteiger partial charge on any atom is -0.497 e. The molecule has 1 aliphatic carbocycles. The molecule has 2 rings (SSSR count). The van der Waals surface area contributed by atoms with Gasteiger partial charge in [0.25, 0.3) is 0 Å². The van der Waals surface area contributed by atoms with Crippen molar-refractivity contribution >= 4 is 5.91 Å². The van der Waals surface area contributed by atoms with E-state index in [4.69, 9.17) is 9.47 Å². The molecular formula is C18H28N2O3.